The Hall–Kier alpha value is -3.07. The molecule has 3 aromatic rings. The van der Waals surface area contributed by atoms with Crippen LogP contribution in [0.1, 0.15) is 55.8 Å². The van der Waals surface area contributed by atoms with Gasteiger partial charge >= 0.3 is 6.11 Å². The summed E-state index contributed by atoms with van der Waals surface area (Å²) >= 11 is 0. The molecule has 1 fully saturated rings. The van der Waals surface area contributed by atoms with Gasteiger partial charge in [-0.25, -0.2) is 22.0 Å². The minimum atomic E-state index is -4.66. The van der Waals surface area contributed by atoms with E-state index in [0.29, 0.717) is 23.3 Å². The van der Waals surface area contributed by atoms with E-state index in [2.05, 4.69) is 4.74 Å². The van der Waals surface area contributed by atoms with Crippen LogP contribution in [0, 0.1) is 35.0 Å². The zero-order valence-electron chi connectivity index (χ0n) is 19.0. The van der Waals surface area contributed by atoms with Crippen LogP contribution < -0.4 is 4.74 Å². The lowest BCUT2D eigenvalue weighted by atomic mass is 9.89. The zero-order chi connectivity index (χ0) is 26.0. The standard InChI is InChI=1S/C27H23F7O2/c28-20-11-18(15-7-9-17(10-8-15)26(35)16-5-3-1-2-4-6-16)12-21(29)24(20)27(33,34)36-19-13-22(30)25(32)23(31)14-19/h7-14,16,26,35H,1-6H2. The Kier molecular flexibility index (Phi) is 7.59. The molecule has 0 heterocycles. The second-order valence-corrected chi connectivity index (χ2v) is 8.95. The van der Waals surface area contributed by atoms with Crippen LogP contribution in [0.2, 0.25) is 0 Å². The molecule has 1 N–H and O–H groups in total. The van der Waals surface area contributed by atoms with Crippen molar-refractivity contribution in [3.8, 4) is 16.9 Å². The molecule has 3 aromatic carbocycles. The predicted molar refractivity (Wildman–Crippen MR) is 119 cm³/mol. The maximum atomic E-state index is 14.7. The minimum absolute atomic E-state index is 0.0427. The third kappa shape index (κ3) is 5.51. The summed E-state index contributed by atoms with van der Waals surface area (Å²) in [5, 5.41) is 10.7. The van der Waals surface area contributed by atoms with Crippen LogP contribution in [0.3, 0.4) is 0 Å². The van der Waals surface area contributed by atoms with E-state index in [-0.39, 0.29) is 23.6 Å². The lowest BCUT2D eigenvalue weighted by Crippen LogP contribution is -2.25. The van der Waals surface area contributed by atoms with Crippen LogP contribution in [-0.2, 0) is 6.11 Å². The fourth-order valence-corrected chi connectivity index (χ4v) is 4.58. The highest BCUT2D eigenvalue weighted by atomic mass is 19.3. The Morgan fingerprint density at radius 3 is 1.78 bits per heavy atom. The van der Waals surface area contributed by atoms with Crippen molar-refractivity contribution in [1.82, 2.24) is 0 Å². The van der Waals surface area contributed by atoms with Gasteiger partial charge in [0, 0.05) is 12.1 Å². The van der Waals surface area contributed by atoms with Gasteiger partial charge in [0.15, 0.2) is 17.5 Å². The number of hydrogen-bond acceptors (Lipinski definition) is 2. The molecule has 192 valence electrons. The summed E-state index contributed by atoms with van der Waals surface area (Å²) in [4.78, 5) is 0. The number of benzene rings is 3. The van der Waals surface area contributed by atoms with Gasteiger partial charge < -0.3 is 9.84 Å². The van der Waals surface area contributed by atoms with Gasteiger partial charge in [0.05, 0.1) is 6.10 Å². The van der Waals surface area contributed by atoms with Crippen molar-refractivity contribution >= 4 is 0 Å². The summed E-state index contributed by atoms with van der Waals surface area (Å²) in [6.07, 6.45) is 0.853. The summed E-state index contributed by atoms with van der Waals surface area (Å²) in [6.45, 7) is 0. The van der Waals surface area contributed by atoms with Crippen molar-refractivity contribution in [2.75, 3.05) is 0 Å². The van der Waals surface area contributed by atoms with Crippen molar-refractivity contribution in [2.24, 2.45) is 5.92 Å². The molecular formula is C27H23F7O2. The molecule has 0 aliphatic heterocycles. The van der Waals surface area contributed by atoms with Crippen LogP contribution in [0.5, 0.6) is 5.75 Å². The quantitative estimate of drug-likeness (QED) is 0.205. The first-order valence-electron chi connectivity index (χ1n) is 11.6. The Morgan fingerprint density at radius 1 is 0.722 bits per heavy atom. The molecule has 0 saturated heterocycles. The average molecular weight is 512 g/mol. The number of alkyl halides is 2. The first-order chi connectivity index (χ1) is 17.1. The molecule has 1 saturated carbocycles. The van der Waals surface area contributed by atoms with E-state index in [0.717, 1.165) is 38.5 Å². The SMILES string of the molecule is OC(c1ccc(-c2cc(F)c(C(F)(F)Oc3cc(F)c(F)c(F)c3)c(F)c2)cc1)C1CCCCCC1. The maximum Gasteiger partial charge on any atom is 0.432 e. The molecule has 0 bridgehead atoms. The van der Waals surface area contributed by atoms with E-state index in [1.54, 1.807) is 12.1 Å². The van der Waals surface area contributed by atoms with Gasteiger partial charge in [-0.05, 0) is 47.6 Å². The highest BCUT2D eigenvalue weighted by Crippen LogP contribution is 2.38. The topological polar surface area (TPSA) is 29.5 Å². The third-order valence-electron chi connectivity index (χ3n) is 6.47. The monoisotopic (exact) mass is 512 g/mol. The molecule has 0 radical (unpaired) electrons. The van der Waals surface area contributed by atoms with E-state index in [4.69, 9.17) is 0 Å². The summed E-state index contributed by atoms with van der Waals surface area (Å²) < 4.78 is 102. The zero-order valence-corrected chi connectivity index (χ0v) is 19.0. The molecule has 1 aliphatic rings. The van der Waals surface area contributed by atoms with Crippen LogP contribution in [0.25, 0.3) is 11.1 Å². The Bertz CT molecular complexity index is 1170. The Morgan fingerprint density at radius 2 is 1.25 bits per heavy atom. The second-order valence-electron chi connectivity index (χ2n) is 8.95. The van der Waals surface area contributed by atoms with Crippen LogP contribution >= 0.6 is 0 Å². The van der Waals surface area contributed by atoms with Crippen LogP contribution in [0.4, 0.5) is 30.7 Å². The third-order valence-corrected chi connectivity index (χ3v) is 6.47. The van der Waals surface area contributed by atoms with Gasteiger partial charge in [-0.15, -0.1) is 0 Å². The average Bonchev–Trinajstić information content (AvgIpc) is 3.11. The van der Waals surface area contributed by atoms with Crippen LogP contribution in [0.15, 0.2) is 48.5 Å². The van der Waals surface area contributed by atoms with E-state index >= 15 is 0 Å². The van der Waals surface area contributed by atoms with Crippen molar-refractivity contribution < 1.29 is 40.6 Å². The summed E-state index contributed by atoms with van der Waals surface area (Å²) in [6, 6.07) is 7.96. The summed E-state index contributed by atoms with van der Waals surface area (Å²) in [7, 11) is 0. The first kappa shape index (κ1) is 26.0. The number of hydrogen-bond donors (Lipinski definition) is 1. The molecule has 4 rings (SSSR count). The van der Waals surface area contributed by atoms with E-state index in [1.807, 2.05) is 0 Å². The Balaban J connectivity index is 1.56. The molecule has 1 aliphatic carbocycles. The van der Waals surface area contributed by atoms with Crippen LogP contribution in [-0.4, -0.2) is 5.11 Å². The summed E-state index contributed by atoms with van der Waals surface area (Å²) in [5.41, 5.74) is -0.833. The molecule has 0 aromatic heterocycles. The smallest absolute Gasteiger partial charge is 0.429 e. The highest BCUT2D eigenvalue weighted by molar-refractivity contribution is 5.64. The van der Waals surface area contributed by atoms with Gasteiger partial charge in [-0.2, -0.15) is 8.78 Å². The maximum absolute atomic E-state index is 14.7. The normalized spacial score (nSPS) is 16.0. The molecule has 2 nitrogen and oxygen atoms in total. The van der Waals surface area contributed by atoms with Gasteiger partial charge in [-0.3, -0.25) is 0 Å². The predicted octanol–water partition coefficient (Wildman–Crippen LogP) is 8.18. The molecule has 36 heavy (non-hydrogen) atoms. The van der Waals surface area contributed by atoms with Gasteiger partial charge in [0.2, 0.25) is 0 Å². The second kappa shape index (κ2) is 10.5. The van der Waals surface area contributed by atoms with Gasteiger partial charge in [0.25, 0.3) is 0 Å². The molecule has 1 unspecified atom stereocenters. The Labute approximate surface area is 203 Å². The van der Waals surface area contributed by atoms with Crippen molar-refractivity contribution in [2.45, 2.75) is 50.7 Å². The van der Waals surface area contributed by atoms with Crippen molar-refractivity contribution in [3.05, 3.63) is 88.7 Å². The fraction of sp³-hybridized carbons (Fsp3) is 0.333. The first-order valence-corrected chi connectivity index (χ1v) is 11.6. The highest BCUT2D eigenvalue weighted by Gasteiger charge is 2.41. The number of rotatable bonds is 6. The molecule has 9 heteroatoms. The van der Waals surface area contributed by atoms with E-state index in [9.17, 15) is 35.8 Å². The molecule has 0 spiro atoms. The lowest BCUT2D eigenvalue weighted by molar-refractivity contribution is -0.189. The lowest BCUT2D eigenvalue weighted by Gasteiger charge is -2.22. The summed E-state index contributed by atoms with van der Waals surface area (Å²) in [5.74, 6) is -9.84. The van der Waals surface area contributed by atoms with E-state index < -0.39 is 52.6 Å². The minimum Gasteiger partial charge on any atom is -0.429 e. The molecule has 0 amide bonds. The fourth-order valence-electron chi connectivity index (χ4n) is 4.58. The molecular weight excluding hydrogens is 489 g/mol. The number of ether oxygens (including phenoxy) is 1. The number of halogens is 7. The molecule has 1 atom stereocenters. The van der Waals surface area contributed by atoms with Gasteiger partial charge in [0.1, 0.15) is 22.9 Å². The van der Waals surface area contributed by atoms with Crippen molar-refractivity contribution in [3.63, 3.8) is 0 Å². The van der Waals surface area contributed by atoms with Crippen molar-refractivity contribution in [1.29, 1.82) is 0 Å². The largest absolute Gasteiger partial charge is 0.432 e. The number of aliphatic hydroxyl groups excluding tert-OH is 1. The van der Waals surface area contributed by atoms with Gasteiger partial charge in [-0.1, -0.05) is 49.9 Å². The number of aliphatic hydroxyl groups is 1. The van der Waals surface area contributed by atoms with E-state index in [1.165, 1.54) is 12.1 Å².